The Morgan fingerprint density at radius 3 is 2.42 bits per heavy atom. The fourth-order valence-corrected chi connectivity index (χ4v) is 2.85. The van der Waals surface area contributed by atoms with Crippen molar-refractivity contribution in [1.82, 2.24) is 4.90 Å². The molecule has 3 nitrogen and oxygen atoms in total. The van der Waals surface area contributed by atoms with Gasteiger partial charge in [0.05, 0.1) is 0 Å². The van der Waals surface area contributed by atoms with Crippen LogP contribution in [0.2, 0.25) is 0 Å². The Morgan fingerprint density at radius 1 is 1.21 bits per heavy atom. The van der Waals surface area contributed by atoms with E-state index in [0.717, 1.165) is 37.9 Å². The lowest BCUT2D eigenvalue weighted by Crippen LogP contribution is -2.47. The molecule has 1 saturated carbocycles. The van der Waals surface area contributed by atoms with E-state index in [2.05, 4.69) is 9.80 Å². The molecule has 102 valence electrons. The van der Waals surface area contributed by atoms with E-state index in [4.69, 9.17) is 18.0 Å². The first-order chi connectivity index (χ1) is 9.15. The predicted octanol–water partition coefficient (Wildman–Crippen LogP) is 1.74. The third kappa shape index (κ3) is 2.72. The molecule has 0 amide bonds. The number of thiocarbonyl (C=S) groups is 1. The van der Waals surface area contributed by atoms with Crippen LogP contribution in [0.4, 0.5) is 10.1 Å². The second-order valence-electron chi connectivity index (χ2n) is 5.28. The van der Waals surface area contributed by atoms with Crippen LogP contribution in [0.15, 0.2) is 18.2 Å². The lowest BCUT2D eigenvalue weighted by atomic mass is 10.1. The normalized spacial score (nSPS) is 20.6. The molecule has 0 spiro atoms. The summed E-state index contributed by atoms with van der Waals surface area (Å²) in [5, 5.41) is 0. The van der Waals surface area contributed by atoms with Crippen molar-refractivity contribution in [3.05, 3.63) is 29.6 Å². The van der Waals surface area contributed by atoms with Crippen molar-refractivity contribution in [3.63, 3.8) is 0 Å². The number of hydrogen-bond acceptors (Lipinski definition) is 3. The van der Waals surface area contributed by atoms with E-state index < -0.39 is 0 Å². The van der Waals surface area contributed by atoms with Crippen molar-refractivity contribution < 1.29 is 4.39 Å². The van der Waals surface area contributed by atoms with Gasteiger partial charge in [0, 0.05) is 43.5 Å². The highest BCUT2D eigenvalue weighted by Crippen LogP contribution is 2.28. The molecule has 0 bridgehead atoms. The molecule has 2 fully saturated rings. The van der Waals surface area contributed by atoms with E-state index in [1.165, 1.54) is 12.8 Å². The lowest BCUT2D eigenvalue weighted by Gasteiger charge is -2.36. The highest BCUT2D eigenvalue weighted by atomic mass is 32.1. The van der Waals surface area contributed by atoms with Crippen LogP contribution in [0.1, 0.15) is 18.4 Å². The third-order valence-corrected chi connectivity index (χ3v) is 4.18. The molecule has 0 unspecified atom stereocenters. The van der Waals surface area contributed by atoms with Crippen molar-refractivity contribution in [3.8, 4) is 0 Å². The van der Waals surface area contributed by atoms with E-state index in [1.807, 2.05) is 6.07 Å². The van der Waals surface area contributed by atoms with E-state index >= 15 is 0 Å². The van der Waals surface area contributed by atoms with Gasteiger partial charge in [-0.25, -0.2) is 4.39 Å². The molecule has 1 aliphatic heterocycles. The number of nitrogens with zero attached hydrogens (tertiary/aromatic N) is 2. The number of anilines is 1. The Hall–Kier alpha value is -1.20. The van der Waals surface area contributed by atoms with Gasteiger partial charge in [0.15, 0.2) is 0 Å². The van der Waals surface area contributed by atoms with E-state index in [9.17, 15) is 4.39 Å². The molecule has 1 saturated heterocycles. The summed E-state index contributed by atoms with van der Waals surface area (Å²) in [5.41, 5.74) is 6.73. The highest BCUT2D eigenvalue weighted by Gasteiger charge is 2.31. The van der Waals surface area contributed by atoms with Crippen LogP contribution in [0.3, 0.4) is 0 Å². The SMILES string of the molecule is NC(=S)c1ccc(N2CCN(C3CC3)CC2)cc1F. The number of rotatable bonds is 3. The van der Waals surface area contributed by atoms with Crippen LogP contribution in [-0.2, 0) is 0 Å². The maximum absolute atomic E-state index is 13.9. The minimum Gasteiger partial charge on any atom is -0.389 e. The first kappa shape index (κ1) is 12.8. The van der Waals surface area contributed by atoms with Crippen LogP contribution >= 0.6 is 12.2 Å². The van der Waals surface area contributed by atoms with Crippen molar-refractivity contribution in [2.75, 3.05) is 31.1 Å². The molecular weight excluding hydrogens is 261 g/mol. The molecule has 2 N–H and O–H groups in total. The Morgan fingerprint density at radius 2 is 1.89 bits per heavy atom. The summed E-state index contributed by atoms with van der Waals surface area (Å²) in [6.45, 7) is 4.07. The van der Waals surface area contributed by atoms with Crippen molar-refractivity contribution in [2.45, 2.75) is 18.9 Å². The third-order valence-electron chi connectivity index (χ3n) is 3.96. The molecule has 1 aliphatic carbocycles. The Kier molecular flexibility index (Phi) is 3.41. The molecule has 1 aromatic rings. The predicted molar refractivity (Wildman–Crippen MR) is 79.1 cm³/mol. The fourth-order valence-electron chi connectivity index (χ4n) is 2.69. The van der Waals surface area contributed by atoms with Crippen LogP contribution in [0.5, 0.6) is 0 Å². The Bertz CT molecular complexity index is 493. The van der Waals surface area contributed by atoms with Crippen LogP contribution in [0.25, 0.3) is 0 Å². The van der Waals surface area contributed by atoms with E-state index in [1.54, 1.807) is 12.1 Å². The van der Waals surface area contributed by atoms with Gasteiger partial charge in [0.1, 0.15) is 10.8 Å². The molecule has 2 aliphatic rings. The fraction of sp³-hybridized carbons (Fsp3) is 0.500. The Balaban J connectivity index is 1.69. The molecule has 0 atom stereocenters. The van der Waals surface area contributed by atoms with Crippen LogP contribution in [0, 0.1) is 5.82 Å². The number of halogens is 1. The van der Waals surface area contributed by atoms with E-state index in [0.29, 0.717) is 5.56 Å². The monoisotopic (exact) mass is 279 g/mol. The van der Waals surface area contributed by atoms with Crippen molar-refractivity contribution in [1.29, 1.82) is 0 Å². The molecule has 0 aromatic heterocycles. The van der Waals surface area contributed by atoms with E-state index in [-0.39, 0.29) is 10.8 Å². The zero-order valence-electron chi connectivity index (χ0n) is 10.8. The zero-order chi connectivity index (χ0) is 13.4. The largest absolute Gasteiger partial charge is 0.389 e. The van der Waals surface area contributed by atoms with Gasteiger partial charge in [-0.3, -0.25) is 4.90 Å². The van der Waals surface area contributed by atoms with Gasteiger partial charge in [0.25, 0.3) is 0 Å². The molecule has 5 heteroatoms. The zero-order valence-corrected chi connectivity index (χ0v) is 11.6. The number of piperazine rings is 1. The van der Waals surface area contributed by atoms with Gasteiger partial charge in [-0.15, -0.1) is 0 Å². The molecule has 19 heavy (non-hydrogen) atoms. The van der Waals surface area contributed by atoms with Crippen LogP contribution < -0.4 is 10.6 Å². The summed E-state index contributed by atoms with van der Waals surface area (Å²) in [6, 6.07) is 5.95. The van der Waals surface area contributed by atoms with Crippen LogP contribution in [-0.4, -0.2) is 42.1 Å². The van der Waals surface area contributed by atoms with Gasteiger partial charge >= 0.3 is 0 Å². The molecule has 1 aromatic carbocycles. The van der Waals surface area contributed by atoms with Gasteiger partial charge in [0.2, 0.25) is 0 Å². The average Bonchev–Trinajstić information content (AvgIpc) is 3.22. The lowest BCUT2D eigenvalue weighted by molar-refractivity contribution is 0.248. The molecule has 1 heterocycles. The first-order valence-corrected chi connectivity index (χ1v) is 7.14. The minimum absolute atomic E-state index is 0.114. The smallest absolute Gasteiger partial charge is 0.135 e. The second kappa shape index (κ2) is 5.06. The highest BCUT2D eigenvalue weighted by molar-refractivity contribution is 7.80. The summed E-state index contributed by atoms with van der Waals surface area (Å²) in [7, 11) is 0. The topological polar surface area (TPSA) is 32.5 Å². The number of nitrogens with two attached hydrogens (primary N) is 1. The maximum Gasteiger partial charge on any atom is 0.135 e. The Labute approximate surface area is 118 Å². The number of hydrogen-bond donors (Lipinski definition) is 1. The summed E-state index contributed by atoms with van der Waals surface area (Å²) < 4.78 is 13.9. The van der Waals surface area contributed by atoms with Crippen molar-refractivity contribution in [2.24, 2.45) is 5.73 Å². The maximum atomic E-state index is 13.9. The average molecular weight is 279 g/mol. The standard InChI is InChI=1S/C14H18FN3S/c15-13-9-11(3-4-12(13)14(16)19)18-7-5-17(6-8-18)10-1-2-10/h3-4,9-10H,1-2,5-8H2,(H2,16,19). The number of benzene rings is 1. The van der Waals surface area contributed by atoms with Crippen molar-refractivity contribution >= 4 is 22.9 Å². The van der Waals surface area contributed by atoms with Gasteiger partial charge < -0.3 is 10.6 Å². The molecule has 3 rings (SSSR count). The quantitative estimate of drug-likeness (QED) is 0.854. The molecular formula is C14H18FN3S. The summed E-state index contributed by atoms with van der Waals surface area (Å²) >= 11 is 4.82. The van der Waals surface area contributed by atoms with Gasteiger partial charge in [-0.2, -0.15) is 0 Å². The van der Waals surface area contributed by atoms with Gasteiger partial charge in [-0.1, -0.05) is 12.2 Å². The summed E-state index contributed by atoms with van der Waals surface area (Å²) in [4.78, 5) is 4.88. The van der Waals surface area contributed by atoms with Gasteiger partial charge in [-0.05, 0) is 31.0 Å². The minimum atomic E-state index is -0.324. The summed E-state index contributed by atoms with van der Waals surface area (Å²) in [6.07, 6.45) is 2.69. The second-order valence-corrected chi connectivity index (χ2v) is 5.72. The summed E-state index contributed by atoms with van der Waals surface area (Å²) in [5.74, 6) is -0.324. The molecule has 0 radical (unpaired) electrons. The first-order valence-electron chi connectivity index (χ1n) is 6.73.